The molecule has 154 valence electrons. The first-order valence-corrected chi connectivity index (χ1v) is 11.1. The molecule has 7 nitrogen and oxygen atoms in total. The van der Waals surface area contributed by atoms with Crippen molar-refractivity contribution >= 4 is 34.5 Å². The Balaban J connectivity index is 1.43. The van der Waals surface area contributed by atoms with Crippen molar-refractivity contribution in [3.05, 3.63) is 66.1 Å². The SMILES string of the molecule is O=C(c1cn(C(=O)N2CCOCC2)c2ccccc12)[C@@H]1CSC(c2cccnc2)N1. The summed E-state index contributed by atoms with van der Waals surface area (Å²) in [5.74, 6) is 0.689. The van der Waals surface area contributed by atoms with Crippen molar-refractivity contribution in [3.63, 3.8) is 0 Å². The number of para-hydroxylation sites is 1. The molecule has 0 spiro atoms. The molecule has 0 bridgehead atoms. The number of nitrogens with zero attached hydrogens (tertiary/aromatic N) is 3. The largest absolute Gasteiger partial charge is 0.378 e. The topological polar surface area (TPSA) is 76.5 Å². The summed E-state index contributed by atoms with van der Waals surface area (Å²) < 4.78 is 6.96. The molecule has 1 unspecified atom stereocenters. The van der Waals surface area contributed by atoms with E-state index in [0.29, 0.717) is 37.6 Å². The summed E-state index contributed by atoms with van der Waals surface area (Å²) in [6.07, 6.45) is 5.27. The zero-order chi connectivity index (χ0) is 20.5. The summed E-state index contributed by atoms with van der Waals surface area (Å²) in [6, 6.07) is 11.1. The van der Waals surface area contributed by atoms with Crippen LogP contribution in [0, 0.1) is 0 Å². The van der Waals surface area contributed by atoms with Gasteiger partial charge in [0.25, 0.3) is 0 Å². The molecule has 2 aliphatic heterocycles. The third-order valence-corrected chi connectivity index (χ3v) is 6.82. The summed E-state index contributed by atoms with van der Waals surface area (Å²) >= 11 is 1.70. The Bertz CT molecular complexity index is 1080. The molecule has 0 saturated carbocycles. The minimum atomic E-state index is -0.307. The molecule has 2 saturated heterocycles. The quantitative estimate of drug-likeness (QED) is 0.654. The first-order chi connectivity index (χ1) is 14.7. The van der Waals surface area contributed by atoms with Gasteiger partial charge in [0.15, 0.2) is 5.78 Å². The Hall–Kier alpha value is -2.68. The lowest BCUT2D eigenvalue weighted by Gasteiger charge is -2.27. The summed E-state index contributed by atoms with van der Waals surface area (Å²) in [5, 5.41) is 4.27. The van der Waals surface area contributed by atoms with Gasteiger partial charge in [-0.05, 0) is 17.7 Å². The summed E-state index contributed by atoms with van der Waals surface area (Å²) in [4.78, 5) is 32.4. The van der Waals surface area contributed by atoms with Crippen molar-refractivity contribution < 1.29 is 14.3 Å². The second-order valence-corrected chi connectivity index (χ2v) is 8.53. The van der Waals surface area contributed by atoms with Crippen molar-refractivity contribution in [1.29, 1.82) is 0 Å². The smallest absolute Gasteiger partial charge is 0.328 e. The number of benzene rings is 1. The first-order valence-electron chi connectivity index (χ1n) is 10.0. The van der Waals surface area contributed by atoms with E-state index in [-0.39, 0.29) is 23.2 Å². The van der Waals surface area contributed by atoms with Crippen molar-refractivity contribution in [3.8, 4) is 0 Å². The molecular weight excluding hydrogens is 400 g/mol. The number of thioether (sulfide) groups is 1. The first kappa shape index (κ1) is 19.3. The minimum Gasteiger partial charge on any atom is -0.378 e. The van der Waals surface area contributed by atoms with E-state index in [4.69, 9.17) is 4.74 Å². The average Bonchev–Trinajstić information content (AvgIpc) is 3.45. The van der Waals surface area contributed by atoms with Crippen LogP contribution in [0.25, 0.3) is 10.9 Å². The van der Waals surface area contributed by atoms with E-state index in [1.165, 1.54) is 0 Å². The molecule has 2 fully saturated rings. The standard InChI is InChI=1S/C22H22N4O3S/c27-20(18-14-30-21(24-18)15-4-3-7-23-12-15)17-13-26(19-6-2-1-5-16(17)19)22(28)25-8-10-29-11-9-25/h1-7,12-13,18,21,24H,8-11,14H2/t18-,21?/m0/s1. The van der Waals surface area contributed by atoms with Gasteiger partial charge >= 0.3 is 6.03 Å². The number of aromatic nitrogens is 2. The van der Waals surface area contributed by atoms with Crippen LogP contribution in [0.3, 0.4) is 0 Å². The van der Waals surface area contributed by atoms with Crippen LogP contribution in [-0.2, 0) is 4.74 Å². The van der Waals surface area contributed by atoms with E-state index in [1.807, 2.05) is 42.6 Å². The Kier molecular flexibility index (Phi) is 5.28. The third kappa shape index (κ3) is 3.51. The van der Waals surface area contributed by atoms with Crippen LogP contribution < -0.4 is 5.32 Å². The van der Waals surface area contributed by atoms with Crippen molar-refractivity contribution in [2.45, 2.75) is 11.4 Å². The maximum absolute atomic E-state index is 13.4. The van der Waals surface area contributed by atoms with E-state index in [0.717, 1.165) is 16.5 Å². The van der Waals surface area contributed by atoms with Crippen LogP contribution in [0.2, 0.25) is 0 Å². The molecule has 4 heterocycles. The van der Waals surface area contributed by atoms with Gasteiger partial charge in [-0.2, -0.15) is 0 Å². The maximum Gasteiger partial charge on any atom is 0.328 e. The van der Waals surface area contributed by atoms with Crippen molar-refractivity contribution in [1.82, 2.24) is 19.8 Å². The number of morpholine rings is 1. The van der Waals surface area contributed by atoms with Gasteiger partial charge in [0.05, 0.1) is 30.1 Å². The zero-order valence-electron chi connectivity index (χ0n) is 16.4. The molecular formula is C22H22N4O3S. The maximum atomic E-state index is 13.4. The summed E-state index contributed by atoms with van der Waals surface area (Å²) in [5.41, 5.74) is 2.40. The fourth-order valence-corrected chi connectivity index (χ4v) is 5.20. The van der Waals surface area contributed by atoms with Crippen molar-refractivity contribution in [2.24, 2.45) is 0 Å². The number of carbonyl (C=O) groups excluding carboxylic acids is 2. The van der Waals surface area contributed by atoms with Gasteiger partial charge in [-0.1, -0.05) is 24.3 Å². The number of ketones is 1. The van der Waals surface area contributed by atoms with Crippen LogP contribution in [0.4, 0.5) is 4.79 Å². The number of ether oxygens (including phenoxy) is 1. The Labute approximate surface area is 178 Å². The lowest BCUT2D eigenvalue weighted by Crippen LogP contribution is -2.42. The number of Topliss-reactive ketones (excluding diaryl/α,β-unsaturated/α-hetero) is 1. The van der Waals surface area contributed by atoms with Gasteiger partial charge in [-0.3, -0.25) is 19.7 Å². The van der Waals surface area contributed by atoms with E-state index < -0.39 is 0 Å². The molecule has 1 amide bonds. The molecule has 0 aliphatic carbocycles. The lowest BCUT2D eigenvalue weighted by atomic mass is 10.0. The molecule has 2 atom stereocenters. The number of hydrogen-bond acceptors (Lipinski definition) is 6. The predicted molar refractivity (Wildman–Crippen MR) is 116 cm³/mol. The van der Waals surface area contributed by atoms with Crippen LogP contribution in [0.5, 0.6) is 0 Å². The second-order valence-electron chi connectivity index (χ2n) is 7.40. The highest BCUT2D eigenvalue weighted by Crippen LogP contribution is 2.34. The molecule has 1 N–H and O–H groups in total. The molecule has 2 aromatic heterocycles. The van der Waals surface area contributed by atoms with E-state index in [9.17, 15) is 9.59 Å². The highest BCUT2D eigenvalue weighted by molar-refractivity contribution is 7.99. The Morgan fingerprint density at radius 1 is 1.13 bits per heavy atom. The number of amides is 1. The van der Waals surface area contributed by atoms with E-state index >= 15 is 0 Å². The summed E-state index contributed by atoms with van der Waals surface area (Å²) in [7, 11) is 0. The normalized spacial score (nSPS) is 21.8. The van der Waals surface area contributed by atoms with Crippen molar-refractivity contribution in [2.75, 3.05) is 32.1 Å². The highest BCUT2D eigenvalue weighted by atomic mass is 32.2. The Morgan fingerprint density at radius 2 is 1.97 bits per heavy atom. The van der Waals surface area contributed by atoms with Crippen LogP contribution in [-0.4, -0.2) is 64.4 Å². The number of rotatable bonds is 3. The van der Waals surface area contributed by atoms with Gasteiger partial charge < -0.3 is 9.64 Å². The Morgan fingerprint density at radius 3 is 2.77 bits per heavy atom. The molecule has 5 rings (SSSR count). The van der Waals surface area contributed by atoms with Gasteiger partial charge in [-0.15, -0.1) is 11.8 Å². The van der Waals surface area contributed by atoms with Crippen LogP contribution in [0.1, 0.15) is 21.3 Å². The highest BCUT2D eigenvalue weighted by Gasteiger charge is 2.33. The zero-order valence-corrected chi connectivity index (χ0v) is 17.2. The molecule has 1 aromatic carbocycles. The van der Waals surface area contributed by atoms with Gasteiger partial charge in [0.1, 0.15) is 0 Å². The van der Waals surface area contributed by atoms with Gasteiger partial charge in [0.2, 0.25) is 0 Å². The molecule has 30 heavy (non-hydrogen) atoms. The number of fused-ring (bicyclic) bond motifs is 1. The van der Waals surface area contributed by atoms with Gasteiger partial charge in [0, 0.05) is 48.4 Å². The van der Waals surface area contributed by atoms with Gasteiger partial charge in [-0.25, -0.2) is 4.79 Å². The van der Waals surface area contributed by atoms with Crippen LogP contribution >= 0.6 is 11.8 Å². The second kappa shape index (κ2) is 8.22. The number of carbonyl (C=O) groups is 2. The number of pyridine rings is 1. The fourth-order valence-electron chi connectivity index (χ4n) is 3.98. The number of nitrogens with one attached hydrogen (secondary N) is 1. The lowest BCUT2D eigenvalue weighted by molar-refractivity contribution is 0.0537. The monoisotopic (exact) mass is 422 g/mol. The third-order valence-electron chi connectivity index (χ3n) is 5.55. The number of hydrogen-bond donors (Lipinski definition) is 1. The van der Waals surface area contributed by atoms with E-state index in [2.05, 4.69) is 10.3 Å². The average molecular weight is 423 g/mol. The van der Waals surface area contributed by atoms with Crippen LogP contribution in [0.15, 0.2) is 55.0 Å². The fraction of sp³-hybridized carbons (Fsp3) is 0.318. The predicted octanol–water partition coefficient (Wildman–Crippen LogP) is 2.92. The minimum absolute atomic E-state index is 0.0126. The molecule has 8 heteroatoms. The summed E-state index contributed by atoms with van der Waals surface area (Å²) in [6.45, 7) is 2.19. The molecule has 0 radical (unpaired) electrons. The molecule has 3 aromatic rings. The van der Waals surface area contributed by atoms with E-state index in [1.54, 1.807) is 33.6 Å². The molecule has 2 aliphatic rings.